The predicted molar refractivity (Wildman–Crippen MR) is 75.2 cm³/mol. The van der Waals surface area contributed by atoms with Gasteiger partial charge in [-0.25, -0.2) is 0 Å². The molecule has 0 N–H and O–H groups in total. The summed E-state index contributed by atoms with van der Waals surface area (Å²) in [5.74, 6) is 1.72. The number of benzene rings is 1. The number of fused-ring (bicyclic) bond motifs is 1. The van der Waals surface area contributed by atoms with Crippen LogP contribution in [0.4, 0.5) is 13.2 Å². The van der Waals surface area contributed by atoms with Gasteiger partial charge >= 0.3 is 6.18 Å². The van der Waals surface area contributed by atoms with Gasteiger partial charge in [-0.1, -0.05) is 12.1 Å². The van der Waals surface area contributed by atoms with Crippen molar-refractivity contribution < 1.29 is 13.2 Å². The van der Waals surface area contributed by atoms with E-state index >= 15 is 0 Å². The molecule has 6 heteroatoms. The molecule has 0 aliphatic carbocycles. The quantitative estimate of drug-likeness (QED) is 0.729. The first-order chi connectivity index (χ1) is 9.55. The zero-order valence-electron chi connectivity index (χ0n) is 10.4. The fourth-order valence-corrected chi connectivity index (χ4v) is 2.83. The summed E-state index contributed by atoms with van der Waals surface area (Å²) in [6.45, 7) is 0.859. The maximum absolute atomic E-state index is 12.6. The third-order valence-corrected chi connectivity index (χ3v) is 3.81. The van der Waals surface area contributed by atoms with E-state index in [-0.39, 0.29) is 0 Å². The van der Waals surface area contributed by atoms with Crippen LogP contribution >= 0.6 is 11.9 Å². The molecule has 1 aromatic rings. The van der Waals surface area contributed by atoms with Crippen LogP contribution in [0.3, 0.4) is 0 Å². The van der Waals surface area contributed by atoms with Crippen molar-refractivity contribution in [2.75, 3.05) is 12.3 Å². The van der Waals surface area contributed by atoms with Gasteiger partial charge in [0.2, 0.25) is 0 Å². The molecule has 0 unspecified atom stereocenters. The molecule has 0 aromatic heterocycles. The summed E-state index contributed by atoms with van der Waals surface area (Å²) in [6, 6.07) is 5.20. The molecule has 0 spiro atoms. The Morgan fingerprint density at radius 3 is 2.60 bits per heavy atom. The van der Waals surface area contributed by atoms with Crippen LogP contribution in [0, 0.1) is 0 Å². The van der Waals surface area contributed by atoms with Gasteiger partial charge in [-0.2, -0.15) is 17.6 Å². The fraction of sp³-hybridized carbons (Fsp3) is 0.214. The van der Waals surface area contributed by atoms with Crippen LogP contribution in [0.25, 0.3) is 5.57 Å². The second-order valence-electron chi connectivity index (χ2n) is 4.44. The summed E-state index contributed by atoms with van der Waals surface area (Å²) in [5, 5.41) is 0. The maximum Gasteiger partial charge on any atom is 0.416 e. The van der Waals surface area contributed by atoms with Crippen LogP contribution in [-0.4, -0.2) is 23.0 Å². The minimum Gasteiger partial charge on any atom is -0.331 e. The van der Waals surface area contributed by atoms with Crippen LogP contribution in [-0.2, 0) is 6.18 Å². The summed E-state index contributed by atoms with van der Waals surface area (Å²) < 4.78 is 42.1. The second-order valence-corrected chi connectivity index (χ2v) is 5.29. The van der Waals surface area contributed by atoms with Gasteiger partial charge in [0, 0.05) is 24.1 Å². The fourth-order valence-electron chi connectivity index (χ4n) is 2.14. The van der Waals surface area contributed by atoms with Crippen LogP contribution in [0.15, 0.2) is 47.0 Å². The first-order valence-electron chi connectivity index (χ1n) is 6.09. The zero-order valence-corrected chi connectivity index (χ0v) is 11.2. The van der Waals surface area contributed by atoms with Crippen molar-refractivity contribution in [1.29, 1.82) is 0 Å². The molecule has 2 nitrogen and oxygen atoms in total. The van der Waals surface area contributed by atoms with E-state index < -0.39 is 11.7 Å². The molecule has 0 fully saturated rings. The summed E-state index contributed by atoms with van der Waals surface area (Å²) >= 11 is 1.48. The number of hydrogen-bond acceptors (Lipinski definition) is 3. The number of halogens is 3. The van der Waals surface area contributed by atoms with Crippen LogP contribution in [0.5, 0.6) is 0 Å². The average Bonchev–Trinajstić information content (AvgIpc) is 2.46. The lowest BCUT2D eigenvalue weighted by molar-refractivity contribution is -0.137. The summed E-state index contributed by atoms with van der Waals surface area (Å²) in [5.41, 5.74) is 0.965. The molecule has 0 bridgehead atoms. The van der Waals surface area contributed by atoms with Crippen molar-refractivity contribution >= 4 is 23.4 Å². The van der Waals surface area contributed by atoms with Crippen molar-refractivity contribution in [3.63, 3.8) is 0 Å². The maximum atomic E-state index is 12.6. The lowest BCUT2D eigenvalue weighted by Gasteiger charge is -2.29. The topological polar surface area (TPSA) is 15.6 Å². The van der Waals surface area contributed by atoms with Gasteiger partial charge in [-0.15, -0.1) is 0 Å². The van der Waals surface area contributed by atoms with Crippen molar-refractivity contribution in [2.45, 2.75) is 6.18 Å². The molecule has 3 rings (SSSR count). The lowest BCUT2D eigenvalue weighted by Crippen LogP contribution is -2.32. The van der Waals surface area contributed by atoms with E-state index in [4.69, 9.17) is 0 Å². The molecule has 2 heterocycles. The Bertz CT molecular complexity index is 600. The molecule has 1 aromatic carbocycles. The van der Waals surface area contributed by atoms with E-state index in [1.165, 1.54) is 24.1 Å². The van der Waals surface area contributed by atoms with Gasteiger partial charge in [-0.05, 0) is 41.8 Å². The van der Waals surface area contributed by atoms with Crippen LogP contribution < -0.4 is 0 Å². The Hall–Kier alpha value is -1.69. The average molecular weight is 296 g/mol. The molecular formula is C14H11F3N2S. The number of rotatable bonds is 1. The Morgan fingerprint density at radius 1 is 1.15 bits per heavy atom. The Labute approximate surface area is 118 Å². The number of amidine groups is 1. The van der Waals surface area contributed by atoms with E-state index in [9.17, 15) is 13.2 Å². The van der Waals surface area contributed by atoms with Gasteiger partial charge < -0.3 is 4.90 Å². The molecule has 104 valence electrons. The van der Waals surface area contributed by atoms with Gasteiger partial charge in [0.15, 0.2) is 0 Å². The molecule has 0 atom stereocenters. The van der Waals surface area contributed by atoms with E-state index in [1.54, 1.807) is 0 Å². The number of alkyl halides is 3. The molecule has 0 radical (unpaired) electrons. The monoisotopic (exact) mass is 296 g/mol. The SMILES string of the molecule is FC(F)(F)c1ccc(C2=CC=CN3CCSN=C23)cc1. The molecule has 2 aliphatic rings. The number of nitrogens with zero attached hydrogens (tertiary/aromatic N) is 2. The summed E-state index contributed by atoms with van der Waals surface area (Å²) in [7, 11) is 0. The van der Waals surface area contributed by atoms with E-state index in [0.29, 0.717) is 0 Å². The first-order valence-corrected chi connectivity index (χ1v) is 7.03. The molecule has 0 saturated carbocycles. The van der Waals surface area contributed by atoms with Crippen LogP contribution in [0.2, 0.25) is 0 Å². The highest BCUT2D eigenvalue weighted by atomic mass is 32.2. The third kappa shape index (κ3) is 2.47. The van der Waals surface area contributed by atoms with E-state index in [0.717, 1.165) is 41.4 Å². The molecule has 0 saturated heterocycles. The van der Waals surface area contributed by atoms with Crippen molar-refractivity contribution in [2.24, 2.45) is 4.40 Å². The largest absolute Gasteiger partial charge is 0.416 e. The van der Waals surface area contributed by atoms with Crippen molar-refractivity contribution in [1.82, 2.24) is 4.90 Å². The van der Waals surface area contributed by atoms with Crippen molar-refractivity contribution in [3.05, 3.63) is 53.7 Å². The number of allylic oxidation sites excluding steroid dienone is 2. The van der Waals surface area contributed by atoms with Crippen LogP contribution in [0.1, 0.15) is 11.1 Å². The predicted octanol–water partition coefficient (Wildman–Crippen LogP) is 3.98. The standard InChI is InChI=1S/C14H11F3N2S/c15-14(16,17)11-5-3-10(4-6-11)12-2-1-7-19-8-9-20-18-13(12)19/h1-7H,8-9H2. The molecule has 20 heavy (non-hydrogen) atoms. The van der Waals surface area contributed by atoms with Gasteiger partial charge in [-0.3, -0.25) is 0 Å². The highest BCUT2D eigenvalue weighted by Gasteiger charge is 2.30. The Kier molecular flexibility index (Phi) is 3.33. The molecule has 2 aliphatic heterocycles. The van der Waals surface area contributed by atoms with Crippen molar-refractivity contribution in [3.8, 4) is 0 Å². The van der Waals surface area contributed by atoms with E-state index in [1.807, 2.05) is 23.3 Å². The van der Waals surface area contributed by atoms with Gasteiger partial charge in [0.05, 0.1) is 5.56 Å². The molecular weight excluding hydrogens is 285 g/mol. The highest BCUT2D eigenvalue weighted by Crippen LogP contribution is 2.32. The third-order valence-electron chi connectivity index (χ3n) is 3.14. The minimum atomic E-state index is -4.30. The van der Waals surface area contributed by atoms with Gasteiger partial charge in [0.25, 0.3) is 0 Å². The summed E-state index contributed by atoms with van der Waals surface area (Å²) in [4.78, 5) is 2.02. The summed E-state index contributed by atoms with van der Waals surface area (Å²) in [6.07, 6.45) is 1.40. The van der Waals surface area contributed by atoms with Gasteiger partial charge in [0.1, 0.15) is 5.84 Å². The first kappa shape index (κ1) is 13.3. The molecule has 0 amide bonds. The normalized spacial score (nSPS) is 18.4. The number of hydrogen-bond donors (Lipinski definition) is 0. The lowest BCUT2D eigenvalue weighted by atomic mass is 10.0. The Balaban J connectivity index is 1.94. The highest BCUT2D eigenvalue weighted by molar-refractivity contribution is 7.98. The van der Waals surface area contributed by atoms with E-state index in [2.05, 4.69) is 4.40 Å². The minimum absolute atomic E-state index is 0.634. The second kappa shape index (κ2) is 5.01. The smallest absolute Gasteiger partial charge is 0.331 e. The Morgan fingerprint density at radius 2 is 1.90 bits per heavy atom. The zero-order chi connectivity index (χ0) is 14.2.